The molecule has 0 aromatic heterocycles. The summed E-state index contributed by atoms with van der Waals surface area (Å²) in [5, 5.41) is 9.60. The van der Waals surface area contributed by atoms with Crippen LogP contribution in [0.5, 0.6) is 5.75 Å². The SMILES string of the molecule is C=CCCCCCCC(C)(NC)C(=O)CCN[C@@H](Cc1ccc(CP(=O)(O)O)cc1)C(=O)CCN[C@@H](Cc1ccc(OP(=O)(O)O)cc1)C(C)=O. The van der Waals surface area contributed by atoms with Crippen molar-refractivity contribution in [3.63, 3.8) is 0 Å². The number of nitrogens with one attached hydrogen (secondary N) is 3. The summed E-state index contributed by atoms with van der Waals surface area (Å²) in [5.74, 6) is -0.242. The van der Waals surface area contributed by atoms with Crippen LogP contribution in [0.25, 0.3) is 0 Å². The summed E-state index contributed by atoms with van der Waals surface area (Å²) in [7, 11) is -7.15. The number of hydrogen-bond donors (Lipinski definition) is 7. The first-order valence-corrected chi connectivity index (χ1v) is 20.6. The van der Waals surface area contributed by atoms with Crippen LogP contribution in [0.15, 0.2) is 61.2 Å². The van der Waals surface area contributed by atoms with Crippen molar-refractivity contribution in [3.05, 3.63) is 77.9 Å². The van der Waals surface area contributed by atoms with E-state index in [0.717, 1.165) is 43.2 Å². The number of phosphoric ester groups is 1. The Morgan fingerprint density at radius 2 is 1.35 bits per heavy atom. The maximum absolute atomic E-state index is 13.6. The van der Waals surface area contributed by atoms with Crippen LogP contribution in [0.1, 0.15) is 81.9 Å². The van der Waals surface area contributed by atoms with Crippen LogP contribution >= 0.6 is 15.4 Å². The van der Waals surface area contributed by atoms with Gasteiger partial charge in [-0.1, -0.05) is 61.7 Å². The van der Waals surface area contributed by atoms with Crippen LogP contribution in [-0.2, 0) is 42.5 Å². The molecular weight excluding hydrogens is 696 g/mol. The van der Waals surface area contributed by atoms with Gasteiger partial charge in [-0.25, -0.2) is 4.57 Å². The molecular formula is C36H55N3O10P2. The van der Waals surface area contributed by atoms with Gasteiger partial charge in [0, 0.05) is 25.9 Å². The van der Waals surface area contributed by atoms with E-state index in [0.29, 0.717) is 12.0 Å². The molecule has 13 nitrogen and oxygen atoms in total. The third-order valence-corrected chi connectivity index (χ3v) is 10.1. The predicted molar refractivity (Wildman–Crippen MR) is 198 cm³/mol. The molecule has 3 atom stereocenters. The maximum Gasteiger partial charge on any atom is 0.524 e. The molecule has 2 rings (SSSR count). The molecule has 0 bridgehead atoms. The minimum atomic E-state index is -4.70. The first-order chi connectivity index (χ1) is 23.9. The van der Waals surface area contributed by atoms with Crippen LogP contribution < -0.4 is 20.5 Å². The third-order valence-electron chi connectivity index (χ3n) is 8.83. The van der Waals surface area contributed by atoms with Crippen molar-refractivity contribution in [2.75, 3.05) is 20.1 Å². The molecule has 1 unspecified atom stereocenters. The lowest BCUT2D eigenvalue weighted by atomic mass is 9.88. The van der Waals surface area contributed by atoms with Gasteiger partial charge in [-0.3, -0.25) is 28.7 Å². The fourth-order valence-corrected chi connectivity index (χ4v) is 6.76. The number of rotatable bonds is 27. The van der Waals surface area contributed by atoms with Crippen molar-refractivity contribution in [2.24, 2.45) is 0 Å². The van der Waals surface area contributed by atoms with Gasteiger partial charge < -0.3 is 30.3 Å². The Bertz CT molecular complexity index is 1510. The summed E-state index contributed by atoms with van der Waals surface area (Å²) in [5.41, 5.74) is 1.29. The molecule has 2 aromatic rings. The number of benzene rings is 2. The van der Waals surface area contributed by atoms with E-state index in [4.69, 9.17) is 9.79 Å². The van der Waals surface area contributed by atoms with Gasteiger partial charge in [0.2, 0.25) is 0 Å². The van der Waals surface area contributed by atoms with Gasteiger partial charge in [0.05, 0.1) is 23.8 Å². The van der Waals surface area contributed by atoms with Gasteiger partial charge in [0.1, 0.15) is 11.5 Å². The lowest BCUT2D eigenvalue weighted by Crippen LogP contribution is -2.49. The van der Waals surface area contributed by atoms with E-state index < -0.39 is 33.0 Å². The normalized spacial score (nSPS) is 14.3. The van der Waals surface area contributed by atoms with Gasteiger partial charge >= 0.3 is 15.4 Å². The summed E-state index contributed by atoms with van der Waals surface area (Å²) in [6.45, 7) is 7.56. The highest BCUT2D eigenvalue weighted by molar-refractivity contribution is 7.50. The number of carbonyl (C=O) groups is 3. The maximum atomic E-state index is 13.6. The van der Waals surface area contributed by atoms with E-state index in [9.17, 15) is 33.3 Å². The van der Waals surface area contributed by atoms with Crippen LogP contribution in [0, 0.1) is 0 Å². The Labute approximate surface area is 301 Å². The number of ketones is 3. The van der Waals surface area contributed by atoms with Crippen molar-refractivity contribution in [2.45, 2.75) is 102 Å². The lowest BCUT2D eigenvalue weighted by molar-refractivity contribution is -0.125. The van der Waals surface area contributed by atoms with E-state index in [1.54, 1.807) is 43.4 Å². The summed E-state index contributed by atoms with van der Waals surface area (Å²) in [6, 6.07) is 11.4. The molecule has 0 aliphatic heterocycles. The second kappa shape index (κ2) is 21.6. The van der Waals surface area contributed by atoms with Crippen LogP contribution in [0.3, 0.4) is 0 Å². The molecule has 0 fully saturated rings. The van der Waals surface area contributed by atoms with Crippen molar-refractivity contribution >= 4 is 32.8 Å². The zero-order valence-corrected chi connectivity index (χ0v) is 31.7. The second-order valence-electron chi connectivity index (χ2n) is 13.1. The number of Topliss-reactive ketones (excluding diaryl/α,β-unsaturated/α-hetero) is 3. The monoisotopic (exact) mass is 751 g/mol. The minimum Gasteiger partial charge on any atom is -0.404 e. The topological polar surface area (TPSA) is 212 Å². The van der Waals surface area contributed by atoms with Gasteiger partial charge in [-0.2, -0.15) is 0 Å². The number of hydrogen-bond acceptors (Lipinski definition) is 9. The van der Waals surface area contributed by atoms with Gasteiger partial charge in [0.25, 0.3) is 0 Å². The number of likely N-dealkylation sites (N-methyl/N-ethyl adjacent to an activating group) is 1. The standard InChI is InChI=1S/C36H55N3O10P2/c1-5-6-7-8-9-10-21-36(3,37-4)35(42)20-23-39-33(25-28-11-13-30(14-12-28)26-50(43,44)45)34(41)19-22-38-32(27(2)40)24-29-15-17-31(18-16-29)49-51(46,47)48/h5,11-18,32-33,37-39H,1,6-10,19-26H2,2-4H3,(H2,43,44,45)(H2,46,47,48)/t32-,33-,36?/m0/s1. The van der Waals surface area contributed by atoms with Crippen LogP contribution in [-0.4, -0.2) is 74.7 Å². The van der Waals surface area contributed by atoms with Crippen LogP contribution in [0.2, 0.25) is 0 Å². The van der Waals surface area contributed by atoms with Crippen molar-refractivity contribution in [1.29, 1.82) is 0 Å². The van der Waals surface area contributed by atoms with Gasteiger partial charge in [-0.15, -0.1) is 6.58 Å². The Kier molecular flexibility index (Phi) is 18.8. The summed E-state index contributed by atoms with van der Waals surface area (Å²) in [6.07, 6.45) is 8.18. The molecule has 7 N–H and O–H groups in total. The van der Waals surface area contributed by atoms with E-state index in [-0.39, 0.29) is 68.0 Å². The van der Waals surface area contributed by atoms with E-state index in [1.807, 2.05) is 13.0 Å². The molecule has 0 aliphatic rings. The predicted octanol–water partition coefficient (Wildman–Crippen LogP) is 4.55. The van der Waals surface area contributed by atoms with Gasteiger partial charge in [0.15, 0.2) is 11.6 Å². The average Bonchev–Trinajstić information content (AvgIpc) is 3.05. The van der Waals surface area contributed by atoms with E-state index in [2.05, 4.69) is 27.1 Å². The Morgan fingerprint density at radius 1 is 0.824 bits per heavy atom. The Morgan fingerprint density at radius 3 is 1.90 bits per heavy atom. The van der Waals surface area contributed by atoms with E-state index in [1.165, 1.54) is 19.1 Å². The smallest absolute Gasteiger partial charge is 0.404 e. The largest absolute Gasteiger partial charge is 0.524 e. The van der Waals surface area contributed by atoms with Gasteiger partial charge in [-0.05, 0) is 81.8 Å². The number of phosphoric acid groups is 1. The molecule has 0 saturated heterocycles. The number of unbranched alkanes of at least 4 members (excludes halogenated alkanes) is 4. The van der Waals surface area contributed by atoms with E-state index >= 15 is 0 Å². The molecule has 0 aliphatic carbocycles. The summed E-state index contributed by atoms with van der Waals surface area (Å²) >= 11 is 0. The molecule has 0 amide bonds. The van der Waals surface area contributed by atoms with Crippen molar-refractivity contribution < 1.29 is 47.6 Å². The summed E-state index contributed by atoms with van der Waals surface area (Å²) < 4.78 is 27.1. The number of carbonyl (C=O) groups excluding carboxylic acids is 3. The molecule has 0 radical (unpaired) electrons. The number of allylic oxidation sites excluding steroid dienone is 1. The third kappa shape index (κ3) is 18.0. The molecule has 0 heterocycles. The lowest BCUT2D eigenvalue weighted by Gasteiger charge is -2.28. The first-order valence-electron chi connectivity index (χ1n) is 17.2. The fraction of sp³-hybridized carbons (Fsp3) is 0.528. The summed E-state index contributed by atoms with van der Waals surface area (Å²) in [4.78, 5) is 75.9. The van der Waals surface area contributed by atoms with Crippen molar-refractivity contribution in [1.82, 2.24) is 16.0 Å². The molecule has 51 heavy (non-hydrogen) atoms. The molecule has 284 valence electrons. The van der Waals surface area contributed by atoms with Crippen LogP contribution in [0.4, 0.5) is 0 Å². The van der Waals surface area contributed by atoms with Crippen molar-refractivity contribution in [3.8, 4) is 5.75 Å². The zero-order chi connectivity index (χ0) is 38.1. The average molecular weight is 752 g/mol. The zero-order valence-electron chi connectivity index (χ0n) is 29.9. The Balaban J connectivity index is 2.06. The highest BCUT2D eigenvalue weighted by Gasteiger charge is 2.30. The Hall–Kier alpha value is -2.83. The molecule has 0 saturated carbocycles. The fourth-order valence-electron chi connectivity index (χ4n) is 5.68. The molecule has 0 spiro atoms. The highest BCUT2D eigenvalue weighted by Crippen LogP contribution is 2.39. The highest BCUT2D eigenvalue weighted by atomic mass is 31.2. The second-order valence-corrected chi connectivity index (χ2v) is 15.9. The quantitative estimate of drug-likeness (QED) is 0.0380. The molecule has 2 aromatic carbocycles. The first kappa shape index (κ1) is 44.3. The minimum absolute atomic E-state index is 0.00724. The molecule has 15 heteroatoms.